The maximum absolute atomic E-state index is 13.3. The summed E-state index contributed by atoms with van der Waals surface area (Å²) in [7, 11) is 0. The third-order valence-electron chi connectivity index (χ3n) is 4.97. The number of phenolic OH excluding ortho intramolecular Hbond substituents is 1. The summed E-state index contributed by atoms with van der Waals surface area (Å²) < 4.78 is 0. The van der Waals surface area contributed by atoms with Crippen molar-refractivity contribution in [2.45, 2.75) is 53.5 Å². The normalized spacial score (nSPS) is 14.3. The van der Waals surface area contributed by atoms with E-state index in [0.29, 0.717) is 12.1 Å². The Balaban J connectivity index is 3.14. The first kappa shape index (κ1) is 26.2. The molecule has 0 aliphatic carbocycles. The van der Waals surface area contributed by atoms with Gasteiger partial charge in [0, 0.05) is 5.69 Å². The van der Waals surface area contributed by atoms with Gasteiger partial charge in [-0.25, -0.2) is 5.48 Å². The fourth-order valence-electron chi connectivity index (χ4n) is 3.36. The monoisotopic (exact) mass is 433 g/mol. The summed E-state index contributed by atoms with van der Waals surface area (Å²) in [6.07, 6.45) is 2.13. The van der Waals surface area contributed by atoms with Crippen molar-refractivity contribution >= 4 is 23.4 Å². The van der Waals surface area contributed by atoms with Gasteiger partial charge in [-0.2, -0.15) is 0 Å². The number of rotatable bonds is 10. The maximum atomic E-state index is 13.3. The topological polar surface area (TPSA) is 128 Å². The first-order chi connectivity index (χ1) is 14.4. The molecule has 8 nitrogen and oxygen atoms in total. The van der Waals surface area contributed by atoms with Crippen molar-refractivity contribution < 1.29 is 24.7 Å². The van der Waals surface area contributed by atoms with Gasteiger partial charge in [-0.05, 0) is 48.4 Å². The predicted octanol–water partition coefficient (Wildman–Crippen LogP) is 3.22. The molecule has 0 aromatic heterocycles. The van der Waals surface area contributed by atoms with Gasteiger partial charge < -0.3 is 15.7 Å². The van der Waals surface area contributed by atoms with E-state index in [0.717, 1.165) is 0 Å². The van der Waals surface area contributed by atoms with Gasteiger partial charge >= 0.3 is 0 Å². The Morgan fingerprint density at radius 3 is 2.06 bits per heavy atom. The third-order valence-corrected chi connectivity index (χ3v) is 4.97. The zero-order valence-corrected chi connectivity index (χ0v) is 18.9. The predicted molar refractivity (Wildman–Crippen MR) is 119 cm³/mol. The van der Waals surface area contributed by atoms with Crippen LogP contribution in [0.4, 0.5) is 5.69 Å². The van der Waals surface area contributed by atoms with Gasteiger partial charge in [0.1, 0.15) is 11.8 Å². The van der Waals surface area contributed by atoms with E-state index in [1.165, 1.54) is 18.2 Å². The highest BCUT2D eigenvalue weighted by Crippen LogP contribution is 2.27. The molecule has 1 aromatic rings. The number of carbonyl (C=O) groups excluding carboxylic acids is 3. The third kappa shape index (κ3) is 8.05. The summed E-state index contributed by atoms with van der Waals surface area (Å²) in [5.74, 6) is -2.91. The Hall–Kier alpha value is -2.87. The summed E-state index contributed by atoms with van der Waals surface area (Å²) in [5, 5.41) is 24.1. The molecule has 0 aliphatic rings. The molecule has 0 saturated heterocycles. The molecule has 8 heteroatoms. The second-order valence-corrected chi connectivity index (χ2v) is 9.19. The van der Waals surface area contributed by atoms with Crippen LogP contribution >= 0.6 is 0 Å². The molecule has 0 saturated carbocycles. The standard InChI is InChI=1S/C23H35N3O5/c1-7-8-17(21(29)26-31)18(13-14(2)3)20(28)25-19(23(4,5)6)22(30)24-15-9-11-16(27)12-10-15/h7,9-12,14,17-19,27,31H,1,8,13H2,2-6H3,(H,24,30)(H,25,28)(H,26,29)/t17-,18+,19+/m0/s1. The van der Waals surface area contributed by atoms with Crippen LogP contribution in [0.3, 0.4) is 0 Å². The Bertz CT molecular complexity index is 768. The highest BCUT2D eigenvalue weighted by atomic mass is 16.5. The van der Waals surface area contributed by atoms with Crippen LogP contribution in [-0.2, 0) is 14.4 Å². The lowest BCUT2D eigenvalue weighted by atomic mass is 9.80. The van der Waals surface area contributed by atoms with Crippen molar-refractivity contribution in [2.24, 2.45) is 23.2 Å². The minimum Gasteiger partial charge on any atom is -0.508 e. The average Bonchev–Trinajstić information content (AvgIpc) is 2.68. The molecule has 0 spiro atoms. The van der Waals surface area contributed by atoms with Gasteiger partial charge in [-0.3, -0.25) is 19.6 Å². The van der Waals surface area contributed by atoms with Gasteiger partial charge in [0.2, 0.25) is 17.7 Å². The molecular formula is C23H35N3O5. The molecule has 1 aromatic carbocycles. The lowest BCUT2D eigenvalue weighted by Crippen LogP contribution is -2.54. The first-order valence-corrected chi connectivity index (χ1v) is 10.4. The highest BCUT2D eigenvalue weighted by Gasteiger charge is 2.38. The van der Waals surface area contributed by atoms with E-state index in [1.807, 2.05) is 34.6 Å². The zero-order valence-electron chi connectivity index (χ0n) is 18.9. The molecule has 0 heterocycles. The molecule has 0 bridgehead atoms. The fraction of sp³-hybridized carbons (Fsp3) is 0.522. The van der Waals surface area contributed by atoms with Crippen LogP contribution in [0.2, 0.25) is 0 Å². The smallest absolute Gasteiger partial charge is 0.247 e. The van der Waals surface area contributed by atoms with E-state index in [-0.39, 0.29) is 18.1 Å². The first-order valence-electron chi connectivity index (χ1n) is 10.4. The summed E-state index contributed by atoms with van der Waals surface area (Å²) in [6.45, 7) is 13.0. The number of allylic oxidation sites excluding steroid dienone is 1. The molecular weight excluding hydrogens is 398 g/mol. The minimum atomic E-state index is -0.884. The van der Waals surface area contributed by atoms with Crippen molar-refractivity contribution in [3.05, 3.63) is 36.9 Å². The minimum absolute atomic E-state index is 0.0746. The second-order valence-electron chi connectivity index (χ2n) is 9.19. The molecule has 0 aliphatic heterocycles. The van der Waals surface area contributed by atoms with E-state index in [1.54, 1.807) is 17.6 Å². The van der Waals surface area contributed by atoms with E-state index in [4.69, 9.17) is 5.21 Å². The molecule has 5 N–H and O–H groups in total. The van der Waals surface area contributed by atoms with Crippen LogP contribution in [-0.4, -0.2) is 34.1 Å². The number of benzene rings is 1. The van der Waals surface area contributed by atoms with Gasteiger partial charge in [-0.15, -0.1) is 6.58 Å². The van der Waals surface area contributed by atoms with Crippen LogP contribution in [0.25, 0.3) is 0 Å². The number of anilines is 1. The summed E-state index contributed by atoms with van der Waals surface area (Å²) in [4.78, 5) is 38.5. The lowest BCUT2D eigenvalue weighted by molar-refractivity contribution is -0.141. The quantitative estimate of drug-likeness (QED) is 0.168. The molecule has 172 valence electrons. The number of nitrogens with one attached hydrogen (secondary N) is 3. The van der Waals surface area contributed by atoms with Gasteiger partial charge in [0.25, 0.3) is 0 Å². The number of amides is 3. The number of hydrogen-bond acceptors (Lipinski definition) is 5. The van der Waals surface area contributed by atoms with Gasteiger partial charge in [0.05, 0.1) is 11.8 Å². The Morgan fingerprint density at radius 1 is 1.03 bits per heavy atom. The molecule has 1 rings (SSSR count). The Kier molecular flexibility index (Phi) is 9.71. The maximum Gasteiger partial charge on any atom is 0.247 e. The average molecular weight is 434 g/mol. The zero-order chi connectivity index (χ0) is 23.8. The summed E-state index contributed by atoms with van der Waals surface area (Å²) in [5.41, 5.74) is 1.50. The van der Waals surface area contributed by atoms with E-state index >= 15 is 0 Å². The number of hydrogen-bond donors (Lipinski definition) is 5. The summed E-state index contributed by atoms with van der Waals surface area (Å²) in [6, 6.07) is 5.13. The number of carbonyl (C=O) groups is 3. The van der Waals surface area contributed by atoms with Gasteiger partial charge in [-0.1, -0.05) is 40.7 Å². The van der Waals surface area contributed by atoms with Gasteiger partial charge in [0.15, 0.2) is 0 Å². The van der Waals surface area contributed by atoms with Crippen LogP contribution in [0.5, 0.6) is 5.75 Å². The van der Waals surface area contributed by atoms with Crippen LogP contribution in [0, 0.1) is 23.2 Å². The molecule has 3 amide bonds. The Labute approximate surface area is 184 Å². The summed E-state index contributed by atoms with van der Waals surface area (Å²) >= 11 is 0. The van der Waals surface area contributed by atoms with E-state index in [9.17, 15) is 19.5 Å². The number of hydroxylamine groups is 1. The van der Waals surface area contributed by atoms with E-state index in [2.05, 4.69) is 17.2 Å². The largest absolute Gasteiger partial charge is 0.508 e. The number of aromatic hydroxyl groups is 1. The van der Waals surface area contributed by atoms with Crippen molar-refractivity contribution in [1.29, 1.82) is 0 Å². The molecule has 31 heavy (non-hydrogen) atoms. The number of phenols is 1. The molecule has 0 unspecified atom stereocenters. The van der Waals surface area contributed by atoms with Crippen molar-refractivity contribution in [2.75, 3.05) is 5.32 Å². The molecule has 0 fully saturated rings. The molecule has 0 radical (unpaired) electrons. The lowest BCUT2D eigenvalue weighted by Gasteiger charge is -2.33. The van der Waals surface area contributed by atoms with Crippen LogP contribution in [0.1, 0.15) is 47.5 Å². The fourth-order valence-corrected chi connectivity index (χ4v) is 3.36. The van der Waals surface area contributed by atoms with Crippen molar-refractivity contribution in [3.8, 4) is 5.75 Å². The Morgan fingerprint density at radius 2 is 1.61 bits per heavy atom. The SMILES string of the molecule is C=CC[C@H](C(=O)NO)[C@@H](CC(C)C)C(=O)N[C@H](C(=O)Nc1ccc(O)cc1)C(C)(C)C. The highest BCUT2D eigenvalue weighted by molar-refractivity contribution is 5.98. The van der Waals surface area contributed by atoms with Crippen molar-refractivity contribution in [1.82, 2.24) is 10.8 Å². The van der Waals surface area contributed by atoms with Crippen molar-refractivity contribution in [3.63, 3.8) is 0 Å². The van der Waals surface area contributed by atoms with Crippen LogP contribution in [0.15, 0.2) is 36.9 Å². The van der Waals surface area contributed by atoms with Crippen LogP contribution < -0.4 is 16.1 Å². The van der Waals surface area contributed by atoms with E-state index < -0.39 is 41.0 Å². The molecule has 3 atom stereocenters. The second kappa shape index (κ2) is 11.5.